The van der Waals surface area contributed by atoms with E-state index in [0.717, 1.165) is 0 Å². The summed E-state index contributed by atoms with van der Waals surface area (Å²) in [5.74, 6) is -2.46. The Morgan fingerprint density at radius 2 is 1.60 bits per heavy atom. The van der Waals surface area contributed by atoms with Gasteiger partial charge in [0.25, 0.3) is 0 Å². The van der Waals surface area contributed by atoms with Crippen LogP contribution in [0.1, 0.15) is 34.9 Å². The average molecular weight is 281 g/mol. The Morgan fingerprint density at radius 1 is 1.05 bits per heavy atom. The number of nitrogens with two attached hydrogens (primary N) is 1. The minimum absolute atomic E-state index is 0.124. The van der Waals surface area contributed by atoms with E-state index in [1.54, 1.807) is 0 Å². The van der Waals surface area contributed by atoms with Crippen molar-refractivity contribution in [2.75, 3.05) is 0 Å². The van der Waals surface area contributed by atoms with E-state index < -0.39 is 24.1 Å². The number of ketones is 1. The molecular weight excluding hydrogens is 266 g/mol. The van der Waals surface area contributed by atoms with Crippen LogP contribution in [0.5, 0.6) is 0 Å². The largest absolute Gasteiger partial charge is 0.481 e. The molecule has 7 nitrogen and oxygen atoms in total. The minimum Gasteiger partial charge on any atom is -0.481 e. The summed E-state index contributed by atoms with van der Waals surface area (Å²) in [5.41, 5.74) is 5.38. The van der Waals surface area contributed by atoms with Crippen LogP contribution in [-0.4, -0.2) is 39.1 Å². The molecule has 0 aliphatic heterocycles. The Hall–Kier alpha value is -2.25. The van der Waals surface area contributed by atoms with Crippen LogP contribution in [0.15, 0.2) is 24.3 Å². The number of benzene rings is 1. The summed E-state index contributed by atoms with van der Waals surface area (Å²) in [7, 11) is 0. The molecule has 0 radical (unpaired) electrons. The number of amides is 1. The molecule has 1 rings (SSSR count). The number of hydrogen-bond donors (Lipinski definition) is 4. The van der Waals surface area contributed by atoms with E-state index in [0.29, 0.717) is 0 Å². The van der Waals surface area contributed by atoms with Gasteiger partial charge in [-0.25, -0.2) is 0 Å². The molecule has 20 heavy (non-hydrogen) atoms. The van der Waals surface area contributed by atoms with Crippen LogP contribution in [0, 0.1) is 0 Å². The lowest BCUT2D eigenvalue weighted by molar-refractivity contribution is -0.137. The minimum atomic E-state index is -1.73. The zero-order valence-corrected chi connectivity index (χ0v) is 10.5. The lowest BCUT2D eigenvalue weighted by atomic mass is 10.00. The van der Waals surface area contributed by atoms with Crippen LogP contribution in [0.3, 0.4) is 0 Å². The predicted octanol–water partition coefficient (Wildman–Crippen LogP) is -0.386. The molecule has 0 spiro atoms. The molecular formula is C13H15NO6. The third kappa shape index (κ3) is 4.15. The van der Waals surface area contributed by atoms with Gasteiger partial charge in [-0.2, -0.15) is 0 Å². The van der Waals surface area contributed by atoms with Crippen LogP contribution < -0.4 is 5.73 Å². The van der Waals surface area contributed by atoms with Gasteiger partial charge >= 0.3 is 5.97 Å². The van der Waals surface area contributed by atoms with E-state index in [1.165, 1.54) is 24.3 Å². The Kier molecular flexibility index (Phi) is 5.36. The zero-order chi connectivity index (χ0) is 15.3. The molecule has 0 saturated carbocycles. The van der Waals surface area contributed by atoms with Crippen molar-refractivity contribution in [3.8, 4) is 0 Å². The first kappa shape index (κ1) is 15.8. The molecule has 1 aromatic carbocycles. The lowest BCUT2D eigenvalue weighted by Gasteiger charge is -2.15. The molecule has 1 aromatic rings. The maximum absolute atomic E-state index is 11.6. The second-order valence-electron chi connectivity index (χ2n) is 4.23. The van der Waals surface area contributed by atoms with Gasteiger partial charge in [0.15, 0.2) is 11.9 Å². The highest BCUT2D eigenvalue weighted by molar-refractivity contribution is 5.97. The van der Waals surface area contributed by atoms with Gasteiger partial charge in [-0.15, -0.1) is 0 Å². The van der Waals surface area contributed by atoms with Crippen molar-refractivity contribution in [3.05, 3.63) is 35.4 Å². The Balaban J connectivity index is 2.76. The smallest absolute Gasteiger partial charge is 0.303 e. The highest BCUT2D eigenvalue weighted by Crippen LogP contribution is 2.18. The van der Waals surface area contributed by atoms with Crippen LogP contribution in [0.4, 0.5) is 0 Å². The maximum atomic E-state index is 11.6. The van der Waals surface area contributed by atoms with Crippen molar-refractivity contribution < 1.29 is 29.7 Å². The van der Waals surface area contributed by atoms with E-state index in [9.17, 15) is 24.6 Å². The van der Waals surface area contributed by atoms with Crippen molar-refractivity contribution in [2.45, 2.75) is 25.0 Å². The van der Waals surface area contributed by atoms with Crippen LogP contribution in [0.2, 0.25) is 0 Å². The first-order chi connectivity index (χ1) is 9.32. The average Bonchev–Trinajstić information content (AvgIpc) is 2.43. The fourth-order valence-electron chi connectivity index (χ4n) is 1.57. The summed E-state index contributed by atoms with van der Waals surface area (Å²) >= 11 is 0. The van der Waals surface area contributed by atoms with Gasteiger partial charge in [0.2, 0.25) is 5.91 Å². The predicted molar refractivity (Wildman–Crippen MR) is 67.8 cm³/mol. The summed E-state index contributed by atoms with van der Waals surface area (Å²) in [6.07, 6.45) is -3.59. The topological polar surface area (TPSA) is 138 Å². The van der Waals surface area contributed by atoms with Gasteiger partial charge in [-0.05, 0) is 5.56 Å². The Labute approximate surface area is 114 Å². The second-order valence-corrected chi connectivity index (χ2v) is 4.23. The standard InChI is InChI=1S/C13H15NO6/c14-13(20)12(19)11(18)8-3-1-7(2-4-8)9(15)5-6-10(16)17/h1-4,11-12,18-19H,5-6H2,(H2,14,20)(H,16,17). The van der Waals surface area contributed by atoms with Gasteiger partial charge < -0.3 is 21.1 Å². The molecule has 0 heterocycles. The third-order valence-electron chi connectivity index (χ3n) is 2.73. The quantitative estimate of drug-likeness (QED) is 0.502. The number of aliphatic hydroxyl groups is 2. The van der Waals surface area contributed by atoms with Crippen LogP contribution in [-0.2, 0) is 9.59 Å². The first-order valence-corrected chi connectivity index (χ1v) is 5.83. The summed E-state index contributed by atoms with van der Waals surface area (Å²) < 4.78 is 0. The molecule has 0 aliphatic rings. The normalized spacial score (nSPS) is 13.5. The molecule has 0 bridgehead atoms. The number of aliphatic hydroxyl groups excluding tert-OH is 2. The summed E-state index contributed by atoms with van der Waals surface area (Å²) in [5, 5.41) is 27.4. The fourth-order valence-corrected chi connectivity index (χ4v) is 1.57. The van der Waals surface area contributed by atoms with Crippen LogP contribution >= 0.6 is 0 Å². The lowest BCUT2D eigenvalue weighted by Crippen LogP contribution is -2.33. The van der Waals surface area contributed by atoms with Gasteiger partial charge in [-0.3, -0.25) is 14.4 Å². The highest BCUT2D eigenvalue weighted by Gasteiger charge is 2.23. The van der Waals surface area contributed by atoms with Crippen molar-refractivity contribution in [1.82, 2.24) is 0 Å². The Morgan fingerprint density at radius 3 is 2.05 bits per heavy atom. The van der Waals surface area contributed by atoms with E-state index in [-0.39, 0.29) is 29.8 Å². The van der Waals surface area contributed by atoms with E-state index in [2.05, 4.69) is 0 Å². The van der Waals surface area contributed by atoms with E-state index in [1.807, 2.05) is 0 Å². The van der Waals surface area contributed by atoms with Crippen LogP contribution in [0.25, 0.3) is 0 Å². The molecule has 2 atom stereocenters. The molecule has 5 N–H and O–H groups in total. The van der Waals surface area contributed by atoms with E-state index in [4.69, 9.17) is 10.8 Å². The summed E-state index contributed by atoms with van der Waals surface area (Å²) in [4.78, 5) is 32.7. The van der Waals surface area contributed by atoms with Crippen molar-refractivity contribution in [1.29, 1.82) is 0 Å². The molecule has 0 fully saturated rings. The Bertz CT molecular complexity index is 510. The molecule has 0 aromatic heterocycles. The highest BCUT2D eigenvalue weighted by atomic mass is 16.4. The number of carbonyl (C=O) groups is 3. The number of primary amides is 1. The number of rotatable bonds is 7. The monoisotopic (exact) mass is 281 g/mol. The first-order valence-electron chi connectivity index (χ1n) is 5.83. The van der Waals surface area contributed by atoms with Gasteiger partial charge in [0, 0.05) is 12.0 Å². The molecule has 7 heteroatoms. The summed E-state index contributed by atoms with van der Waals surface area (Å²) in [6.45, 7) is 0. The summed E-state index contributed by atoms with van der Waals surface area (Å²) in [6, 6.07) is 5.50. The number of hydrogen-bond acceptors (Lipinski definition) is 5. The third-order valence-corrected chi connectivity index (χ3v) is 2.73. The number of aliphatic carboxylic acids is 1. The fraction of sp³-hybridized carbons (Fsp3) is 0.308. The number of carbonyl (C=O) groups excluding carboxylic acids is 2. The van der Waals surface area contributed by atoms with Crippen molar-refractivity contribution in [2.24, 2.45) is 5.73 Å². The van der Waals surface area contributed by atoms with Crippen molar-refractivity contribution in [3.63, 3.8) is 0 Å². The van der Waals surface area contributed by atoms with Crippen molar-refractivity contribution >= 4 is 17.7 Å². The molecule has 1 amide bonds. The number of carboxylic acid groups (broad SMARTS) is 1. The molecule has 0 aliphatic carbocycles. The number of carboxylic acids is 1. The zero-order valence-electron chi connectivity index (χ0n) is 10.5. The van der Waals surface area contributed by atoms with Gasteiger partial charge in [0.05, 0.1) is 6.42 Å². The second kappa shape index (κ2) is 6.78. The maximum Gasteiger partial charge on any atom is 0.303 e. The molecule has 0 saturated heterocycles. The van der Waals surface area contributed by atoms with Gasteiger partial charge in [-0.1, -0.05) is 24.3 Å². The van der Waals surface area contributed by atoms with Gasteiger partial charge in [0.1, 0.15) is 6.10 Å². The number of Topliss-reactive ketones (excluding diaryl/α,β-unsaturated/α-hetero) is 1. The SMILES string of the molecule is NC(=O)C(O)C(O)c1ccc(C(=O)CCC(=O)O)cc1. The molecule has 2 unspecified atom stereocenters. The molecule has 108 valence electrons. The van der Waals surface area contributed by atoms with E-state index >= 15 is 0 Å².